The Bertz CT molecular complexity index is 284. The Morgan fingerprint density at radius 2 is 2.06 bits per heavy atom. The van der Waals surface area contributed by atoms with Gasteiger partial charge >= 0.3 is 6.09 Å². The van der Waals surface area contributed by atoms with Crippen molar-refractivity contribution < 1.29 is 14.6 Å². The molecule has 2 aliphatic heterocycles. The Morgan fingerprint density at radius 1 is 1.38 bits per heavy atom. The summed E-state index contributed by atoms with van der Waals surface area (Å²) in [7, 11) is 0. The van der Waals surface area contributed by atoms with Crippen molar-refractivity contribution in [2.24, 2.45) is 0 Å². The number of piperidine rings is 1. The Kier molecular flexibility index (Phi) is 2.86. The molecule has 92 valence electrons. The van der Waals surface area contributed by atoms with Gasteiger partial charge in [-0.15, -0.1) is 0 Å². The van der Waals surface area contributed by atoms with Gasteiger partial charge < -0.3 is 9.84 Å². The Labute approximate surface area is 96.6 Å². The summed E-state index contributed by atoms with van der Waals surface area (Å²) in [6.07, 6.45) is 3.08. The quantitative estimate of drug-likeness (QED) is 0.687. The zero-order valence-electron chi connectivity index (χ0n) is 10.3. The van der Waals surface area contributed by atoms with Crippen LogP contribution in [0.25, 0.3) is 0 Å². The van der Waals surface area contributed by atoms with Gasteiger partial charge in [0.1, 0.15) is 5.60 Å². The lowest BCUT2D eigenvalue weighted by atomic mass is 10.0. The van der Waals surface area contributed by atoms with Crippen molar-refractivity contribution >= 4 is 6.09 Å². The normalized spacial score (nSPS) is 34.0. The molecule has 2 saturated heterocycles. The zero-order valence-corrected chi connectivity index (χ0v) is 10.3. The summed E-state index contributed by atoms with van der Waals surface area (Å²) >= 11 is 0. The minimum Gasteiger partial charge on any atom is -0.444 e. The predicted molar refractivity (Wildman–Crippen MR) is 60.1 cm³/mol. The van der Waals surface area contributed by atoms with E-state index in [9.17, 15) is 9.90 Å². The van der Waals surface area contributed by atoms with Crippen molar-refractivity contribution in [2.75, 3.05) is 0 Å². The van der Waals surface area contributed by atoms with Crippen LogP contribution in [0.1, 0.15) is 46.5 Å². The highest BCUT2D eigenvalue weighted by Crippen LogP contribution is 2.36. The van der Waals surface area contributed by atoms with Gasteiger partial charge in [-0.25, -0.2) is 4.79 Å². The molecular formula is C12H21NO3. The molecule has 2 bridgehead atoms. The number of rotatable bonds is 0. The molecule has 2 heterocycles. The molecule has 0 aliphatic carbocycles. The molecule has 16 heavy (non-hydrogen) atoms. The van der Waals surface area contributed by atoms with Crippen LogP contribution in [0.5, 0.6) is 0 Å². The maximum absolute atomic E-state index is 12.0. The molecule has 2 fully saturated rings. The largest absolute Gasteiger partial charge is 0.444 e. The number of hydrogen-bond donors (Lipinski definition) is 1. The SMILES string of the molecule is CC(C)(C)OC(=O)N1[C@@H]2CCC[C@H]1[C@@H](O)C2. The van der Waals surface area contributed by atoms with Crippen LogP contribution in [0, 0.1) is 0 Å². The summed E-state index contributed by atoms with van der Waals surface area (Å²) in [5.74, 6) is 0. The lowest BCUT2D eigenvalue weighted by Gasteiger charge is -2.36. The van der Waals surface area contributed by atoms with E-state index in [0.29, 0.717) is 6.42 Å². The molecule has 0 saturated carbocycles. The van der Waals surface area contributed by atoms with Crippen molar-refractivity contribution in [1.82, 2.24) is 4.90 Å². The maximum atomic E-state index is 12.0. The first kappa shape index (κ1) is 11.7. The van der Waals surface area contributed by atoms with Crippen molar-refractivity contribution in [2.45, 2.75) is 70.2 Å². The van der Waals surface area contributed by atoms with Gasteiger partial charge in [0, 0.05) is 6.04 Å². The molecule has 0 aromatic heterocycles. The Hall–Kier alpha value is -0.770. The maximum Gasteiger partial charge on any atom is 0.410 e. The molecule has 0 aromatic rings. The van der Waals surface area contributed by atoms with Crippen molar-refractivity contribution in [3.63, 3.8) is 0 Å². The van der Waals surface area contributed by atoms with E-state index in [0.717, 1.165) is 19.3 Å². The molecule has 2 aliphatic rings. The number of aliphatic hydroxyl groups is 1. The molecule has 0 aromatic carbocycles. The predicted octanol–water partition coefficient (Wildman–Crippen LogP) is 1.91. The van der Waals surface area contributed by atoms with Gasteiger partial charge in [-0.3, -0.25) is 4.90 Å². The van der Waals surface area contributed by atoms with E-state index in [-0.39, 0.29) is 24.3 Å². The summed E-state index contributed by atoms with van der Waals surface area (Å²) in [5, 5.41) is 9.87. The van der Waals surface area contributed by atoms with Crippen LogP contribution in [-0.4, -0.2) is 39.9 Å². The number of fused-ring (bicyclic) bond motifs is 2. The average Bonchev–Trinajstić information content (AvgIpc) is 2.31. The molecule has 0 spiro atoms. The molecule has 0 radical (unpaired) electrons. The molecule has 3 atom stereocenters. The summed E-state index contributed by atoms with van der Waals surface area (Å²) in [5.41, 5.74) is -0.459. The average molecular weight is 227 g/mol. The highest BCUT2D eigenvalue weighted by atomic mass is 16.6. The molecule has 4 nitrogen and oxygen atoms in total. The third-order valence-electron chi connectivity index (χ3n) is 3.35. The van der Waals surface area contributed by atoms with E-state index in [2.05, 4.69) is 0 Å². The number of carbonyl (C=O) groups excluding carboxylic acids is 1. The summed E-state index contributed by atoms with van der Waals surface area (Å²) < 4.78 is 5.38. The lowest BCUT2D eigenvalue weighted by molar-refractivity contribution is 0.000679. The van der Waals surface area contributed by atoms with Crippen LogP contribution in [0.15, 0.2) is 0 Å². The second-order valence-electron chi connectivity index (χ2n) is 5.84. The van der Waals surface area contributed by atoms with Crippen LogP contribution in [0.4, 0.5) is 4.79 Å². The molecule has 1 N–H and O–H groups in total. The second kappa shape index (κ2) is 3.91. The van der Waals surface area contributed by atoms with Gasteiger partial charge in [0.2, 0.25) is 0 Å². The van der Waals surface area contributed by atoms with Crippen LogP contribution < -0.4 is 0 Å². The molecule has 0 unspecified atom stereocenters. The van der Waals surface area contributed by atoms with Gasteiger partial charge in [0.15, 0.2) is 0 Å². The van der Waals surface area contributed by atoms with Crippen LogP contribution in [-0.2, 0) is 4.74 Å². The number of amides is 1. The molecule has 4 heteroatoms. The van der Waals surface area contributed by atoms with Gasteiger partial charge in [-0.2, -0.15) is 0 Å². The van der Waals surface area contributed by atoms with Gasteiger partial charge in [0.25, 0.3) is 0 Å². The second-order valence-corrected chi connectivity index (χ2v) is 5.84. The van der Waals surface area contributed by atoms with Gasteiger partial charge in [0.05, 0.1) is 12.1 Å². The number of hydrogen-bond acceptors (Lipinski definition) is 3. The van der Waals surface area contributed by atoms with E-state index in [1.807, 2.05) is 20.8 Å². The third kappa shape index (κ3) is 2.17. The van der Waals surface area contributed by atoms with E-state index in [4.69, 9.17) is 4.74 Å². The van der Waals surface area contributed by atoms with Gasteiger partial charge in [-0.05, 0) is 46.5 Å². The monoisotopic (exact) mass is 227 g/mol. The van der Waals surface area contributed by atoms with Crippen molar-refractivity contribution in [3.05, 3.63) is 0 Å². The Morgan fingerprint density at radius 3 is 2.62 bits per heavy atom. The molecule has 2 rings (SSSR count). The van der Waals surface area contributed by atoms with Crippen molar-refractivity contribution in [1.29, 1.82) is 0 Å². The number of aliphatic hydroxyl groups excluding tert-OH is 1. The highest BCUT2D eigenvalue weighted by Gasteiger charge is 2.46. The van der Waals surface area contributed by atoms with Gasteiger partial charge in [-0.1, -0.05) is 0 Å². The van der Waals surface area contributed by atoms with E-state index in [1.54, 1.807) is 4.90 Å². The molecular weight excluding hydrogens is 206 g/mol. The topological polar surface area (TPSA) is 49.8 Å². The fourth-order valence-corrected chi connectivity index (χ4v) is 2.76. The summed E-state index contributed by atoms with van der Waals surface area (Å²) in [6, 6.07) is 0.164. The smallest absolute Gasteiger partial charge is 0.410 e. The third-order valence-corrected chi connectivity index (χ3v) is 3.35. The standard InChI is InChI=1S/C12H21NO3/c1-12(2,3)16-11(15)13-8-5-4-6-9(13)10(14)7-8/h8-10,14H,4-7H2,1-3H3/t8-,9+,10+/m1/s1. The fourth-order valence-electron chi connectivity index (χ4n) is 2.76. The van der Waals surface area contributed by atoms with E-state index < -0.39 is 5.60 Å². The van der Waals surface area contributed by atoms with Crippen LogP contribution in [0.3, 0.4) is 0 Å². The number of ether oxygens (including phenoxy) is 1. The summed E-state index contributed by atoms with van der Waals surface area (Å²) in [4.78, 5) is 13.8. The van der Waals surface area contributed by atoms with Crippen LogP contribution in [0.2, 0.25) is 0 Å². The zero-order chi connectivity index (χ0) is 11.9. The first-order valence-corrected chi connectivity index (χ1v) is 6.08. The van der Waals surface area contributed by atoms with Crippen molar-refractivity contribution in [3.8, 4) is 0 Å². The van der Waals surface area contributed by atoms with Crippen LogP contribution >= 0.6 is 0 Å². The lowest BCUT2D eigenvalue weighted by Crippen LogP contribution is -2.48. The highest BCUT2D eigenvalue weighted by molar-refractivity contribution is 5.69. The molecule has 1 amide bonds. The minimum atomic E-state index is -0.459. The Balaban J connectivity index is 2.07. The van der Waals surface area contributed by atoms with E-state index >= 15 is 0 Å². The summed E-state index contributed by atoms with van der Waals surface area (Å²) in [6.45, 7) is 5.60. The first-order valence-electron chi connectivity index (χ1n) is 6.08. The van der Waals surface area contributed by atoms with E-state index in [1.165, 1.54) is 0 Å². The first-order chi connectivity index (χ1) is 7.38. The minimum absolute atomic E-state index is 0.0198. The fraction of sp³-hybridized carbons (Fsp3) is 0.917. The number of carbonyl (C=O) groups is 1. The number of nitrogens with zero attached hydrogens (tertiary/aromatic N) is 1.